The first-order chi connectivity index (χ1) is 8.35. The molecule has 3 unspecified atom stereocenters. The van der Waals surface area contributed by atoms with Crippen molar-refractivity contribution in [2.45, 2.75) is 51.0 Å². The first-order valence-electron chi connectivity index (χ1n) is 7.32. The number of rotatable bonds is 4. The Bertz CT molecular complexity index is 296. The van der Waals surface area contributed by atoms with Crippen LogP contribution in [0.2, 0.25) is 0 Å². The zero-order valence-corrected chi connectivity index (χ0v) is 10.9. The van der Waals surface area contributed by atoms with Crippen molar-refractivity contribution in [2.75, 3.05) is 13.6 Å². The summed E-state index contributed by atoms with van der Waals surface area (Å²) in [6, 6.07) is 0.698. The van der Waals surface area contributed by atoms with Gasteiger partial charge in [0.2, 0.25) is 0 Å². The topological polar surface area (TPSA) is 36.4 Å². The second kappa shape index (κ2) is 4.87. The summed E-state index contributed by atoms with van der Waals surface area (Å²) >= 11 is 0. The Hall–Kier alpha value is -0.730. The fourth-order valence-electron chi connectivity index (χ4n) is 3.72. The molecule has 0 aromatic carbocycles. The molecular weight excluding hydrogens is 210 g/mol. The fourth-order valence-corrected chi connectivity index (χ4v) is 3.72. The Kier molecular flexibility index (Phi) is 3.26. The van der Waals surface area contributed by atoms with Crippen LogP contribution < -0.4 is 10.6 Å². The highest BCUT2D eigenvalue weighted by Gasteiger charge is 2.38. The molecule has 0 aromatic rings. The number of nitrogens with zero attached hydrogens (tertiary/aromatic N) is 1. The van der Waals surface area contributed by atoms with Gasteiger partial charge in [-0.2, -0.15) is 0 Å². The van der Waals surface area contributed by atoms with E-state index in [1.807, 2.05) is 7.05 Å². The largest absolute Gasteiger partial charge is 0.356 e. The van der Waals surface area contributed by atoms with Crippen LogP contribution in [0.3, 0.4) is 0 Å². The van der Waals surface area contributed by atoms with Crippen molar-refractivity contribution in [3.63, 3.8) is 0 Å². The molecule has 0 amide bonds. The maximum Gasteiger partial charge on any atom is 0.191 e. The third-order valence-corrected chi connectivity index (χ3v) is 4.83. The monoisotopic (exact) mass is 235 g/mol. The van der Waals surface area contributed by atoms with E-state index in [1.165, 1.54) is 44.9 Å². The number of guanidine groups is 1. The van der Waals surface area contributed by atoms with Crippen LogP contribution in [-0.4, -0.2) is 25.6 Å². The number of hydrogen-bond acceptors (Lipinski definition) is 1. The van der Waals surface area contributed by atoms with Gasteiger partial charge < -0.3 is 10.6 Å². The number of aliphatic imine (C=N–C) groups is 1. The molecule has 0 radical (unpaired) electrons. The van der Waals surface area contributed by atoms with Crippen molar-refractivity contribution in [2.24, 2.45) is 22.7 Å². The van der Waals surface area contributed by atoms with E-state index in [1.54, 1.807) is 0 Å². The second-order valence-corrected chi connectivity index (χ2v) is 6.14. The predicted molar refractivity (Wildman–Crippen MR) is 71.1 cm³/mol. The van der Waals surface area contributed by atoms with Crippen LogP contribution in [0.25, 0.3) is 0 Å². The van der Waals surface area contributed by atoms with Crippen molar-refractivity contribution in [1.82, 2.24) is 10.6 Å². The van der Waals surface area contributed by atoms with E-state index >= 15 is 0 Å². The molecule has 3 saturated carbocycles. The predicted octanol–water partition coefficient (Wildman–Crippen LogP) is 2.14. The summed E-state index contributed by atoms with van der Waals surface area (Å²) in [4.78, 5) is 4.27. The van der Waals surface area contributed by atoms with Crippen LogP contribution in [0.5, 0.6) is 0 Å². The highest BCUT2D eigenvalue weighted by molar-refractivity contribution is 5.80. The fraction of sp³-hybridized carbons (Fsp3) is 0.929. The molecule has 3 fully saturated rings. The SMILES string of the molecule is CN=C(NCCC1CC2CCC1C2)NC1CC1. The Morgan fingerprint density at radius 3 is 2.65 bits per heavy atom. The summed E-state index contributed by atoms with van der Waals surface area (Å²) in [5, 5.41) is 6.90. The molecule has 3 heteroatoms. The molecule has 3 nitrogen and oxygen atoms in total. The van der Waals surface area contributed by atoms with Gasteiger partial charge in [-0.25, -0.2) is 0 Å². The first kappa shape index (κ1) is 11.4. The first-order valence-corrected chi connectivity index (χ1v) is 7.32. The van der Waals surface area contributed by atoms with Crippen molar-refractivity contribution in [1.29, 1.82) is 0 Å². The standard InChI is InChI=1S/C14H25N3/c1-15-14(17-13-4-5-13)16-7-6-12-9-10-2-3-11(12)8-10/h10-13H,2-9H2,1H3,(H2,15,16,17). The average molecular weight is 235 g/mol. The van der Waals surface area contributed by atoms with Crippen LogP contribution >= 0.6 is 0 Å². The zero-order chi connectivity index (χ0) is 11.7. The van der Waals surface area contributed by atoms with Crippen LogP contribution in [-0.2, 0) is 0 Å². The molecule has 3 atom stereocenters. The van der Waals surface area contributed by atoms with Gasteiger partial charge in [-0.15, -0.1) is 0 Å². The smallest absolute Gasteiger partial charge is 0.191 e. The zero-order valence-electron chi connectivity index (χ0n) is 10.9. The highest BCUT2D eigenvalue weighted by atomic mass is 15.2. The van der Waals surface area contributed by atoms with E-state index in [4.69, 9.17) is 0 Å². The molecule has 0 aromatic heterocycles. The van der Waals surface area contributed by atoms with Gasteiger partial charge in [0.15, 0.2) is 5.96 Å². The minimum atomic E-state index is 0.698. The van der Waals surface area contributed by atoms with E-state index in [0.717, 1.165) is 30.3 Å². The summed E-state index contributed by atoms with van der Waals surface area (Å²) in [5.41, 5.74) is 0. The van der Waals surface area contributed by atoms with Gasteiger partial charge in [-0.1, -0.05) is 6.42 Å². The van der Waals surface area contributed by atoms with E-state index in [9.17, 15) is 0 Å². The van der Waals surface area contributed by atoms with Gasteiger partial charge >= 0.3 is 0 Å². The van der Waals surface area contributed by atoms with Crippen LogP contribution in [0.15, 0.2) is 4.99 Å². The minimum Gasteiger partial charge on any atom is -0.356 e. The van der Waals surface area contributed by atoms with Crippen molar-refractivity contribution >= 4 is 5.96 Å². The summed E-state index contributed by atoms with van der Waals surface area (Å²) in [7, 11) is 1.87. The summed E-state index contributed by atoms with van der Waals surface area (Å²) in [6.45, 7) is 1.10. The molecular formula is C14H25N3. The molecule has 3 aliphatic rings. The molecule has 2 bridgehead atoms. The van der Waals surface area contributed by atoms with Crippen molar-refractivity contribution in [3.8, 4) is 0 Å². The third-order valence-electron chi connectivity index (χ3n) is 4.83. The number of fused-ring (bicyclic) bond motifs is 2. The summed E-state index contributed by atoms with van der Waals surface area (Å²) in [6.07, 6.45) is 10.0. The molecule has 3 aliphatic carbocycles. The Balaban J connectivity index is 1.36. The van der Waals surface area contributed by atoms with E-state index in [0.29, 0.717) is 6.04 Å². The Morgan fingerprint density at radius 2 is 2.06 bits per heavy atom. The molecule has 0 spiro atoms. The molecule has 2 N–H and O–H groups in total. The highest BCUT2D eigenvalue weighted by Crippen LogP contribution is 2.49. The Labute approximate surface area is 104 Å². The van der Waals surface area contributed by atoms with Crippen LogP contribution in [0, 0.1) is 17.8 Å². The second-order valence-electron chi connectivity index (χ2n) is 6.14. The van der Waals surface area contributed by atoms with E-state index in [-0.39, 0.29) is 0 Å². The summed E-state index contributed by atoms with van der Waals surface area (Å²) < 4.78 is 0. The number of hydrogen-bond donors (Lipinski definition) is 2. The summed E-state index contributed by atoms with van der Waals surface area (Å²) in [5.74, 6) is 4.14. The maximum atomic E-state index is 4.27. The van der Waals surface area contributed by atoms with Crippen molar-refractivity contribution < 1.29 is 0 Å². The van der Waals surface area contributed by atoms with Gasteiger partial charge in [0.1, 0.15) is 0 Å². The molecule has 3 rings (SSSR count). The molecule has 17 heavy (non-hydrogen) atoms. The van der Waals surface area contributed by atoms with E-state index < -0.39 is 0 Å². The molecule has 96 valence electrons. The van der Waals surface area contributed by atoms with Gasteiger partial charge in [0.25, 0.3) is 0 Å². The van der Waals surface area contributed by atoms with E-state index in [2.05, 4.69) is 15.6 Å². The van der Waals surface area contributed by atoms with Gasteiger partial charge in [0.05, 0.1) is 0 Å². The molecule has 0 aliphatic heterocycles. The van der Waals surface area contributed by atoms with Gasteiger partial charge in [-0.05, 0) is 56.3 Å². The van der Waals surface area contributed by atoms with Gasteiger partial charge in [0, 0.05) is 19.6 Å². The normalized spacial score (nSPS) is 36.3. The van der Waals surface area contributed by atoms with Crippen LogP contribution in [0.4, 0.5) is 0 Å². The maximum absolute atomic E-state index is 4.27. The lowest BCUT2D eigenvalue weighted by Crippen LogP contribution is -2.39. The molecule has 0 saturated heterocycles. The molecule has 0 heterocycles. The quantitative estimate of drug-likeness (QED) is 0.578. The lowest BCUT2D eigenvalue weighted by atomic mass is 9.86. The third kappa shape index (κ3) is 2.75. The van der Waals surface area contributed by atoms with Crippen molar-refractivity contribution in [3.05, 3.63) is 0 Å². The lowest BCUT2D eigenvalue weighted by Gasteiger charge is -2.22. The Morgan fingerprint density at radius 1 is 1.18 bits per heavy atom. The lowest BCUT2D eigenvalue weighted by molar-refractivity contribution is 0.315. The number of nitrogens with one attached hydrogen (secondary N) is 2. The van der Waals surface area contributed by atoms with Crippen LogP contribution in [0.1, 0.15) is 44.9 Å². The van der Waals surface area contributed by atoms with Gasteiger partial charge in [-0.3, -0.25) is 4.99 Å². The average Bonchev–Trinajstić information content (AvgIpc) is 2.91. The minimum absolute atomic E-state index is 0.698.